The lowest BCUT2D eigenvalue weighted by atomic mass is 9.85. The Balaban J connectivity index is 1.95. The van der Waals surface area contributed by atoms with Crippen molar-refractivity contribution in [3.63, 3.8) is 0 Å². The topological polar surface area (TPSA) is 12.0 Å². The zero-order valence-electron chi connectivity index (χ0n) is 12.9. The van der Waals surface area contributed by atoms with Crippen LogP contribution in [-0.2, 0) is 0 Å². The molecule has 0 radical (unpaired) electrons. The van der Waals surface area contributed by atoms with Crippen molar-refractivity contribution in [2.24, 2.45) is 5.41 Å². The predicted molar refractivity (Wildman–Crippen MR) is 94.8 cm³/mol. The molecular weight excluding hydrogens is 282 g/mol. The molecule has 1 heterocycles. The van der Waals surface area contributed by atoms with Crippen LogP contribution >= 0.6 is 23.5 Å². The fraction of sp³-hybridized carbons (Fsp3) is 0.647. The van der Waals surface area contributed by atoms with Crippen LogP contribution in [0.3, 0.4) is 0 Å². The third-order valence-corrected chi connectivity index (χ3v) is 6.34. The van der Waals surface area contributed by atoms with Gasteiger partial charge < -0.3 is 5.32 Å². The fourth-order valence-electron chi connectivity index (χ4n) is 2.53. The molecule has 1 N–H and O–H groups in total. The van der Waals surface area contributed by atoms with Crippen LogP contribution in [0.5, 0.6) is 0 Å². The molecule has 0 bridgehead atoms. The summed E-state index contributed by atoms with van der Waals surface area (Å²) in [4.78, 5) is 0. The van der Waals surface area contributed by atoms with E-state index in [0.29, 0.717) is 11.5 Å². The van der Waals surface area contributed by atoms with Crippen LogP contribution in [0.2, 0.25) is 0 Å². The Kier molecular flexibility index (Phi) is 6.31. The quantitative estimate of drug-likeness (QED) is 0.853. The van der Waals surface area contributed by atoms with Gasteiger partial charge in [-0.25, -0.2) is 0 Å². The van der Waals surface area contributed by atoms with E-state index in [0.717, 1.165) is 11.8 Å². The summed E-state index contributed by atoms with van der Waals surface area (Å²) in [5.74, 6) is 3.94. The molecular formula is C17H27NS2. The van der Waals surface area contributed by atoms with Gasteiger partial charge in [0.1, 0.15) is 0 Å². The Labute approximate surface area is 132 Å². The van der Waals surface area contributed by atoms with Gasteiger partial charge in [0.15, 0.2) is 0 Å². The Hall–Kier alpha value is -0.120. The Morgan fingerprint density at radius 3 is 2.55 bits per heavy atom. The van der Waals surface area contributed by atoms with Gasteiger partial charge in [0.05, 0.1) is 0 Å². The van der Waals surface area contributed by atoms with Crippen molar-refractivity contribution in [3.8, 4) is 0 Å². The standard InChI is InChI=1S/C17H27NS2/c1-17(2,3)11-16(14-7-5-4-6-8-14)18-12-15-13-19-9-10-20-15/h4-8,15-16,18H,9-13H2,1-3H3. The monoisotopic (exact) mass is 309 g/mol. The highest BCUT2D eigenvalue weighted by atomic mass is 32.2. The number of thioether (sulfide) groups is 2. The number of rotatable bonds is 5. The molecule has 1 saturated heterocycles. The number of hydrogen-bond donors (Lipinski definition) is 1. The molecule has 2 atom stereocenters. The maximum Gasteiger partial charge on any atom is 0.0325 e. The van der Waals surface area contributed by atoms with E-state index in [1.54, 1.807) is 0 Å². The average molecular weight is 310 g/mol. The summed E-state index contributed by atoms with van der Waals surface area (Å²) in [5.41, 5.74) is 1.78. The van der Waals surface area contributed by atoms with E-state index in [-0.39, 0.29) is 0 Å². The van der Waals surface area contributed by atoms with E-state index >= 15 is 0 Å². The maximum atomic E-state index is 3.83. The Morgan fingerprint density at radius 2 is 1.95 bits per heavy atom. The lowest BCUT2D eigenvalue weighted by Gasteiger charge is -2.30. The average Bonchev–Trinajstić information content (AvgIpc) is 2.44. The highest BCUT2D eigenvalue weighted by Gasteiger charge is 2.22. The van der Waals surface area contributed by atoms with E-state index in [1.807, 2.05) is 0 Å². The molecule has 0 spiro atoms. The summed E-state index contributed by atoms with van der Waals surface area (Å²) in [6, 6.07) is 11.4. The van der Waals surface area contributed by atoms with Gasteiger partial charge in [0.25, 0.3) is 0 Å². The molecule has 20 heavy (non-hydrogen) atoms. The minimum atomic E-state index is 0.349. The van der Waals surface area contributed by atoms with Gasteiger partial charge in [-0.15, -0.1) is 0 Å². The zero-order valence-corrected chi connectivity index (χ0v) is 14.5. The van der Waals surface area contributed by atoms with Crippen LogP contribution in [-0.4, -0.2) is 29.1 Å². The largest absolute Gasteiger partial charge is 0.309 e. The second kappa shape index (κ2) is 7.77. The Bertz CT molecular complexity index is 380. The normalized spacial score (nSPS) is 21.6. The van der Waals surface area contributed by atoms with Gasteiger partial charge in [-0.1, -0.05) is 51.1 Å². The van der Waals surface area contributed by atoms with Crippen molar-refractivity contribution >= 4 is 23.5 Å². The number of nitrogens with one attached hydrogen (secondary N) is 1. The second-order valence-corrected chi connectivity index (χ2v) is 9.26. The van der Waals surface area contributed by atoms with Crippen LogP contribution < -0.4 is 5.32 Å². The van der Waals surface area contributed by atoms with Crippen LogP contribution in [0.1, 0.15) is 38.8 Å². The molecule has 1 aliphatic rings. The summed E-state index contributed by atoms with van der Waals surface area (Å²) in [7, 11) is 0. The molecule has 3 heteroatoms. The first kappa shape index (κ1) is 16.3. The van der Waals surface area contributed by atoms with Crippen molar-refractivity contribution in [2.75, 3.05) is 23.8 Å². The van der Waals surface area contributed by atoms with Gasteiger partial charge in [-0.2, -0.15) is 23.5 Å². The number of hydrogen-bond acceptors (Lipinski definition) is 3. The van der Waals surface area contributed by atoms with Crippen LogP contribution in [0.15, 0.2) is 30.3 Å². The lowest BCUT2D eigenvalue weighted by Crippen LogP contribution is -2.33. The molecule has 2 rings (SSSR count). The molecule has 0 aromatic heterocycles. The van der Waals surface area contributed by atoms with Crippen molar-refractivity contribution in [2.45, 2.75) is 38.5 Å². The first-order chi connectivity index (χ1) is 9.54. The molecule has 1 aliphatic heterocycles. The predicted octanol–water partition coefficient (Wildman–Crippen LogP) is 4.60. The van der Waals surface area contributed by atoms with Crippen molar-refractivity contribution in [3.05, 3.63) is 35.9 Å². The molecule has 0 saturated carbocycles. The molecule has 1 aromatic rings. The smallest absolute Gasteiger partial charge is 0.0325 e. The lowest BCUT2D eigenvalue weighted by molar-refractivity contribution is 0.312. The molecule has 1 nitrogen and oxygen atoms in total. The van der Waals surface area contributed by atoms with Gasteiger partial charge >= 0.3 is 0 Å². The summed E-state index contributed by atoms with van der Waals surface area (Å²) in [6.07, 6.45) is 1.18. The third kappa shape index (κ3) is 5.71. The van der Waals surface area contributed by atoms with Crippen molar-refractivity contribution in [1.82, 2.24) is 5.32 Å². The van der Waals surface area contributed by atoms with E-state index in [9.17, 15) is 0 Å². The SMILES string of the molecule is CC(C)(C)CC(NCC1CSCCS1)c1ccccc1. The van der Waals surface area contributed by atoms with E-state index in [2.05, 4.69) is 79.9 Å². The van der Waals surface area contributed by atoms with Gasteiger partial charge in [0.2, 0.25) is 0 Å². The fourth-order valence-corrected chi connectivity index (χ4v) is 5.16. The van der Waals surface area contributed by atoms with Crippen LogP contribution in [0.25, 0.3) is 0 Å². The van der Waals surface area contributed by atoms with E-state index in [1.165, 1.54) is 29.2 Å². The van der Waals surface area contributed by atoms with Gasteiger partial charge in [-0.05, 0) is 17.4 Å². The summed E-state index contributed by atoms with van der Waals surface area (Å²) >= 11 is 4.24. The highest BCUT2D eigenvalue weighted by molar-refractivity contribution is 8.06. The van der Waals surface area contributed by atoms with Crippen LogP contribution in [0.4, 0.5) is 0 Å². The van der Waals surface area contributed by atoms with Crippen molar-refractivity contribution in [1.29, 1.82) is 0 Å². The highest BCUT2D eigenvalue weighted by Crippen LogP contribution is 2.30. The molecule has 112 valence electrons. The maximum absolute atomic E-state index is 3.83. The summed E-state index contributed by atoms with van der Waals surface area (Å²) in [6.45, 7) is 8.12. The molecule has 1 fully saturated rings. The molecule has 1 aromatic carbocycles. The van der Waals surface area contributed by atoms with Crippen molar-refractivity contribution < 1.29 is 0 Å². The van der Waals surface area contributed by atoms with E-state index < -0.39 is 0 Å². The second-order valence-electron chi connectivity index (χ2n) is 6.70. The zero-order chi connectivity index (χ0) is 14.4. The molecule has 0 aliphatic carbocycles. The van der Waals surface area contributed by atoms with Crippen LogP contribution in [0, 0.1) is 5.41 Å². The van der Waals surface area contributed by atoms with Gasteiger partial charge in [0, 0.05) is 35.1 Å². The number of benzene rings is 1. The minimum absolute atomic E-state index is 0.349. The third-order valence-electron chi connectivity index (χ3n) is 3.50. The summed E-state index contributed by atoms with van der Waals surface area (Å²) < 4.78 is 0. The first-order valence-corrected chi connectivity index (χ1v) is 9.73. The van der Waals surface area contributed by atoms with E-state index in [4.69, 9.17) is 0 Å². The summed E-state index contributed by atoms with van der Waals surface area (Å²) in [5, 5.41) is 4.61. The minimum Gasteiger partial charge on any atom is -0.309 e. The van der Waals surface area contributed by atoms with Gasteiger partial charge in [-0.3, -0.25) is 0 Å². The first-order valence-electron chi connectivity index (χ1n) is 7.52. The molecule has 0 amide bonds. The Morgan fingerprint density at radius 1 is 1.20 bits per heavy atom. The molecule has 2 unspecified atom stereocenters.